The molecule has 2 aromatic rings. The molecule has 0 heterocycles. The second kappa shape index (κ2) is 6.61. The number of carbonyl (C=O) groups excluding carboxylic acids is 1. The predicted octanol–water partition coefficient (Wildman–Crippen LogP) is 3.05. The molecule has 0 atom stereocenters. The van der Waals surface area contributed by atoms with Gasteiger partial charge in [-0.15, -0.1) is 0 Å². The first kappa shape index (κ1) is 13.9. The molecule has 0 aliphatic heterocycles. The number of carbonyl (C=O) groups is 1. The van der Waals surface area contributed by atoms with Gasteiger partial charge in [-0.05, 0) is 31.2 Å². The zero-order valence-electron chi connectivity index (χ0n) is 11.2. The van der Waals surface area contributed by atoms with Gasteiger partial charge in [0.2, 0.25) is 0 Å². The second-order valence-corrected chi connectivity index (χ2v) is 4.25. The van der Waals surface area contributed by atoms with Crippen molar-refractivity contribution in [3.63, 3.8) is 0 Å². The van der Waals surface area contributed by atoms with Crippen LogP contribution < -0.4 is 9.47 Å². The van der Waals surface area contributed by atoms with E-state index < -0.39 is 0 Å². The summed E-state index contributed by atoms with van der Waals surface area (Å²) in [4.78, 5) is 11.2. The van der Waals surface area contributed by atoms with Crippen molar-refractivity contribution in [2.24, 2.45) is 0 Å². The van der Waals surface area contributed by atoms with Crippen LogP contribution in [0.4, 0.5) is 0 Å². The first-order chi connectivity index (χ1) is 9.66. The molecule has 0 unspecified atom stereocenters. The number of Topliss-reactive ketones (excluding diaryl/α,β-unsaturated/α-hetero) is 1. The maximum Gasteiger partial charge on any atom is 0.163 e. The lowest BCUT2D eigenvalue weighted by Gasteiger charge is -2.09. The van der Waals surface area contributed by atoms with Crippen LogP contribution in [-0.4, -0.2) is 24.1 Å². The highest BCUT2D eigenvalue weighted by atomic mass is 16.5. The molecule has 0 saturated heterocycles. The van der Waals surface area contributed by atoms with Crippen molar-refractivity contribution < 1.29 is 19.4 Å². The van der Waals surface area contributed by atoms with Crippen LogP contribution >= 0.6 is 0 Å². The van der Waals surface area contributed by atoms with E-state index in [4.69, 9.17) is 9.47 Å². The number of phenolic OH excluding ortho intramolecular Hbond substituents is 1. The van der Waals surface area contributed by atoms with Crippen molar-refractivity contribution in [2.45, 2.75) is 6.92 Å². The minimum Gasteiger partial charge on any atom is -0.507 e. The highest BCUT2D eigenvalue weighted by molar-refractivity contribution is 5.96. The van der Waals surface area contributed by atoms with E-state index in [9.17, 15) is 9.90 Å². The van der Waals surface area contributed by atoms with Crippen LogP contribution in [0, 0.1) is 0 Å². The summed E-state index contributed by atoms with van der Waals surface area (Å²) in [5, 5.41) is 9.66. The summed E-state index contributed by atoms with van der Waals surface area (Å²) >= 11 is 0. The molecule has 4 heteroatoms. The van der Waals surface area contributed by atoms with Crippen molar-refractivity contribution in [3.05, 3.63) is 54.1 Å². The average Bonchev–Trinajstić information content (AvgIpc) is 2.44. The lowest BCUT2D eigenvalue weighted by molar-refractivity contribution is 0.101. The molecule has 20 heavy (non-hydrogen) atoms. The normalized spacial score (nSPS) is 10.1. The van der Waals surface area contributed by atoms with E-state index in [1.54, 1.807) is 12.1 Å². The van der Waals surface area contributed by atoms with Crippen LogP contribution in [0.15, 0.2) is 48.5 Å². The Bertz CT molecular complexity index is 578. The van der Waals surface area contributed by atoms with Gasteiger partial charge in [-0.25, -0.2) is 0 Å². The van der Waals surface area contributed by atoms with Gasteiger partial charge in [-0.3, -0.25) is 4.79 Å². The Morgan fingerprint density at radius 2 is 1.65 bits per heavy atom. The molecule has 0 spiro atoms. The number of hydrogen-bond donors (Lipinski definition) is 1. The number of benzene rings is 2. The molecule has 0 radical (unpaired) electrons. The van der Waals surface area contributed by atoms with E-state index in [0.717, 1.165) is 5.75 Å². The Morgan fingerprint density at radius 1 is 1.00 bits per heavy atom. The fourth-order valence-electron chi connectivity index (χ4n) is 1.73. The number of ether oxygens (including phenoxy) is 2. The van der Waals surface area contributed by atoms with Crippen LogP contribution in [0.25, 0.3) is 0 Å². The minimum absolute atomic E-state index is 0.0704. The van der Waals surface area contributed by atoms with Gasteiger partial charge in [0, 0.05) is 6.07 Å². The van der Waals surface area contributed by atoms with Crippen molar-refractivity contribution in [1.29, 1.82) is 0 Å². The fourth-order valence-corrected chi connectivity index (χ4v) is 1.73. The molecule has 0 amide bonds. The molecule has 4 nitrogen and oxygen atoms in total. The van der Waals surface area contributed by atoms with E-state index in [2.05, 4.69) is 0 Å². The molecule has 2 rings (SSSR count). The smallest absolute Gasteiger partial charge is 0.163 e. The Hall–Kier alpha value is -2.49. The summed E-state index contributed by atoms with van der Waals surface area (Å²) in [5.41, 5.74) is 0.290. The first-order valence-corrected chi connectivity index (χ1v) is 6.31. The maximum atomic E-state index is 11.2. The Morgan fingerprint density at radius 3 is 2.25 bits per heavy atom. The minimum atomic E-state index is -0.179. The zero-order valence-corrected chi connectivity index (χ0v) is 11.2. The summed E-state index contributed by atoms with van der Waals surface area (Å²) in [7, 11) is 0. The number of hydrogen-bond acceptors (Lipinski definition) is 4. The van der Waals surface area contributed by atoms with Crippen molar-refractivity contribution in [3.8, 4) is 17.2 Å². The molecule has 0 aliphatic carbocycles. The van der Waals surface area contributed by atoms with Gasteiger partial charge >= 0.3 is 0 Å². The van der Waals surface area contributed by atoms with Crippen LogP contribution in [0.5, 0.6) is 17.2 Å². The summed E-state index contributed by atoms with van der Waals surface area (Å²) in [6.07, 6.45) is 0. The lowest BCUT2D eigenvalue weighted by atomic mass is 10.1. The van der Waals surface area contributed by atoms with Crippen LogP contribution in [-0.2, 0) is 0 Å². The Balaban J connectivity index is 1.83. The van der Waals surface area contributed by atoms with E-state index in [1.807, 2.05) is 30.3 Å². The summed E-state index contributed by atoms with van der Waals surface area (Å²) in [6.45, 7) is 2.16. The van der Waals surface area contributed by atoms with Crippen LogP contribution in [0.1, 0.15) is 17.3 Å². The topological polar surface area (TPSA) is 55.8 Å². The summed E-state index contributed by atoms with van der Waals surface area (Å²) in [6, 6.07) is 14.1. The Labute approximate surface area is 117 Å². The van der Waals surface area contributed by atoms with Gasteiger partial charge in [0.1, 0.15) is 30.5 Å². The maximum absolute atomic E-state index is 11.2. The average molecular weight is 272 g/mol. The molecule has 0 aromatic heterocycles. The fraction of sp³-hybridized carbons (Fsp3) is 0.188. The lowest BCUT2D eigenvalue weighted by Crippen LogP contribution is -2.09. The van der Waals surface area contributed by atoms with E-state index in [-0.39, 0.29) is 17.1 Å². The molecule has 0 fully saturated rings. The number of ketones is 1. The summed E-state index contributed by atoms with van der Waals surface area (Å²) in [5.74, 6) is 1.04. The van der Waals surface area contributed by atoms with Gasteiger partial charge in [0.15, 0.2) is 5.78 Å². The van der Waals surface area contributed by atoms with Gasteiger partial charge in [0.05, 0.1) is 5.56 Å². The monoisotopic (exact) mass is 272 g/mol. The third-order valence-corrected chi connectivity index (χ3v) is 2.71. The van der Waals surface area contributed by atoms with Gasteiger partial charge < -0.3 is 14.6 Å². The first-order valence-electron chi connectivity index (χ1n) is 6.31. The van der Waals surface area contributed by atoms with E-state index >= 15 is 0 Å². The molecular formula is C16H16O4. The second-order valence-electron chi connectivity index (χ2n) is 4.25. The van der Waals surface area contributed by atoms with Crippen LogP contribution in [0.3, 0.4) is 0 Å². The number of aromatic hydroxyl groups is 1. The highest BCUT2D eigenvalue weighted by Gasteiger charge is 2.07. The van der Waals surface area contributed by atoms with E-state index in [0.29, 0.717) is 19.0 Å². The number of rotatable bonds is 6. The van der Waals surface area contributed by atoms with Gasteiger partial charge in [-0.1, -0.05) is 18.2 Å². The zero-order chi connectivity index (χ0) is 14.4. The molecule has 2 aromatic carbocycles. The summed E-state index contributed by atoms with van der Waals surface area (Å²) < 4.78 is 10.9. The SMILES string of the molecule is CC(=O)c1ccc(OCCOc2ccccc2)cc1O. The molecule has 0 bridgehead atoms. The highest BCUT2D eigenvalue weighted by Crippen LogP contribution is 2.23. The third kappa shape index (κ3) is 3.75. The molecule has 0 saturated carbocycles. The molecular weight excluding hydrogens is 256 g/mol. The number of phenols is 1. The molecule has 104 valence electrons. The number of para-hydroxylation sites is 1. The van der Waals surface area contributed by atoms with Gasteiger partial charge in [-0.2, -0.15) is 0 Å². The van der Waals surface area contributed by atoms with Crippen molar-refractivity contribution in [1.82, 2.24) is 0 Å². The van der Waals surface area contributed by atoms with Crippen molar-refractivity contribution >= 4 is 5.78 Å². The third-order valence-electron chi connectivity index (χ3n) is 2.71. The Kier molecular flexibility index (Phi) is 4.60. The molecule has 0 aliphatic rings. The van der Waals surface area contributed by atoms with Crippen molar-refractivity contribution in [2.75, 3.05) is 13.2 Å². The van der Waals surface area contributed by atoms with E-state index in [1.165, 1.54) is 13.0 Å². The quantitative estimate of drug-likeness (QED) is 0.648. The van der Waals surface area contributed by atoms with Gasteiger partial charge in [0.25, 0.3) is 0 Å². The molecule has 1 N–H and O–H groups in total. The predicted molar refractivity (Wildman–Crippen MR) is 75.5 cm³/mol. The van der Waals surface area contributed by atoms with Crippen LogP contribution in [0.2, 0.25) is 0 Å². The largest absolute Gasteiger partial charge is 0.507 e. The standard InChI is InChI=1S/C16H16O4/c1-12(17)15-8-7-14(11-16(15)18)20-10-9-19-13-5-3-2-4-6-13/h2-8,11,18H,9-10H2,1H3.